The molecule has 0 radical (unpaired) electrons. The Morgan fingerprint density at radius 1 is 1.10 bits per heavy atom. The fraction of sp³-hybridized carbons (Fsp3) is 0.174. The van der Waals surface area contributed by atoms with Crippen LogP contribution in [0.2, 0.25) is 0 Å². The largest absolute Gasteiger partial charge is 0.310 e. The van der Waals surface area contributed by atoms with Crippen LogP contribution in [-0.2, 0) is 6.42 Å². The molecule has 1 atom stereocenters. The first-order valence-corrected chi connectivity index (χ1v) is 10.7. The topological polar surface area (TPSA) is 71.8 Å². The van der Waals surface area contributed by atoms with Crippen molar-refractivity contribution in [3.8, 4) is 5.69 Å². The second-order valence-electron chi connectivity index (χ2n) is 6.92. The molecule has 152 valence electrons. The molecule has 4 rings (SSSR count). The molecule has 0 aliphatic rings. The van der Waals surface area contributed by atoms with Crippen molar-refractivity contribution in [1.82, 2.24) is 20.1 Å². The second kappa shape index (κ2) is 9.47. The summed E-state index contributed by atoms with van der Waals surface area (Å²) in [5.41, 5.74) is 3.13. The molecular formula is C23H23N5OS. The van der Waals surface area contributed by atoms with Crippen LogP contribution in [0.25, 0.3) is 5.69 Å². The van der Waals surface area contributed by atoms with Gasteiger partial charge in [-0.2, -0.15) is 0 Å². The zero-order valence-electron chi connectivity index (χ0n) is 16.7. The van der Waals surface area contributed by atoms with Crippen LogP contribution in [0.4, 0.5) is 5.82 Å². The van der Waals surface area contributed by atoms with Gasteiger partial charge < -0.3 is 10.6 Å². The van der Waals surface area contributed by atoms with Crippen LogP contribution in [0.3, 0.4) is 0 Å². The maximum Gasteiger partial charge on any atom is 0.266 e. The van der Waals surface area contributed by atoms with Crippen LogP contribution in [0.15, 0.2) is 78.6 Å². The number of para-hydroxylation sites is 1. The van der Waals surface area contributed by atoms with Crippen molar-refractivity contribution in [2.45, 2.75) is 19.4 Å². The highest BCUT2D eigenvalue weighted by molar-refractivity contribution is 7.12. The lowest BCUT2D eigenvalue weighted by atomic mass is 10.1. The first-order chi connectivity index (χ1) is 14.7. The van der Waals surface area contributed by atoms with Gasteiger partial charge in [-0.1, -0.05) is 24.3 Å². The highest BCUT2D eigenvalue weighted by Crippen LogP contribution is 2.20. The first kappa shape index (κ1) is 20.0. The zero-order valence-corrected chi connectivity index (χ0v) is 17.5. The van der Waals surface area contributed by atoms with E-state index in [0.717, 1.165) is 24.2 Å². The number of hydrogen-bond acceptors (Lipinski definition) is 5. The molecule has 0 fully saturated rings. The molecule has 1 unspecified atom stereocenters. The SMILES string of the molecule is CC(NCCc1cn(-c2ccccc2)nc1NC(=O)c1cccs1)c1ccncc1. The number of pyridine rings is 1. The van der Waals surface area contributed by atoms with E-state index >= 15 is 0 Å². The molecule has 3 aromatic heterocycles. The number of hydrogen-bond donors (Lipinski definition) is 2. The predicted molar refractivity (Wildman–Crippen MR) is 120 cm³/mol. The third-order valence-corrected chi connectivity index (χ3v) is 5.71. The normalized spacial score (nSPS) is 11.9. The minimum absolute atomic E-state index is 0.136. The molecule has 3 heterocycles. The highest BCUT2D eigenvalue weighted by Gasteiger charge is 2.15. The van der Waals surface area contributed by atoms with E-state index in [1.54, 1.807) is 12.4 Å². The van der Waals surface area contributed by atoms with Crippen LogP contribution in [0, 0.1) is 0 Å². The van der Waals surface area contributed by atoms with E-state index in [1.807, 2.05) is 70.9 Å². The van der Waals surface area contributed by atoms with Crippen molar-refractivity contribution in [2.75, 3.05) is 11.9 Å². The molecule has 30 heavy (non-hydrogen) atoms. The average Bonchev–Trinajstić information content (AvgIpc) is 3.46. The number of carbonyl (C=O) groups excluding carboxylic acids is 1. The fourth-order valence-corrected chi connectivity index (χ4v) is 3.80. The maximum atomic E-state index is 12.6. The van der Waals surface area contributed by atoms with E-state index < -0.39 is 0 Å². The number of amides is 1. The number of thiophene rings is 1. The summed E-state index contributed by atoms with van der Waals surface area (Å²) >= 11 is 1.41. The van der Waals surface area contributed by atoms with Crippen molar-refractivity contribution < 1.29 is 4.79 Å². The van der Waals surface area contributed by atoms with Crippen LogP contribution in [0.5, 0.6) is 0 Å². The molecule has 1 aromatic carbocycles. The van der Waals surface area contributed by atoms with Gasteiger partial charge in [-0.05, 0) is 61.2 Å². The summed E-state index contributed by atoms with van der Waals surface area (Å²) in [4.78, 5) is 17.3. The summed E-state index contributed by atoms with van der Waals surface area (Å²) in [5.74, 6) is 0.457. The zero-order chi connectivity index (χ0) is 20.8. The van der Waals surface area contributed by atoms with Gasteiger partial charge in [0.15, 0.2) is 5.82 Å². The van der Waals surface area contributed by atoms with Crippen LogP contribution >= 0.6 is 11.3 Å². The van der Waals surface area contributed by atoms with Crippen LogP contribution in [-0.4, -0.2) is 27.2 Å². The molecule has 0 aliphatic heterocycles. The number of nitrogens with zero attached hydrogens (tertiary/aromatic N) is 3. The van der Waals surface area contributed by atoms with Gasteiger partial charge in [0.25, 0.3) is 5.91 Å². The number of rotatable bonds is 8. The fourth-order valence-electron chi connectivity index (χ4n) is 3.18. The van der Waals surface area contributed by atoms with E-state index in [-0.39, 0.29) is 11.9 Å². The van der Waals surface area contributed by atoms with Crippen molar-refractivity contribution in [3.05, 3.63) is 94.6 Å². The van der Waals surface area contributed by atoms with Gasteiger partial charge in [-0.3, -0.25) is 9.78 Å². The Kier molecular flexibility index (Phi) is 6.32. The van der Waals surface area contributed by atoms with Crippen molar-refractivity contribution in [1.29, 1.82) is 0 Å². The Hall–Kier alpha value is -3.29. The van der Waals surface area contributed by atoms with Gasteiger partial charge in [0, 0.05) is 30.2 Å². The standard InChI is InChI=1S/C23H23N5OS/c1-17(18-9-12-24-13-10-18)25-14-11-19-16-28(20-6-3-2-4-7-20)27-22(19)26-23(29)21-8-5-15-30-21/h2-10,12-13,15-17,25H,11,14H2,1H3,(H,26,27,29). The van der Waals surface area contributed by atoms with Gasteiger partial charge in [-0.15, -0.1) is 16.4 Å². The Morgan fingerprint density at radius 3 is 2.63 bits per heavy atom. The summed E-state index contributed by atoms with van der Waals surface area (Å²) in [6.07, 6.45) is 6.33. The lowest BCUT2D eigenvalue weighted by Gasteiger charge is -2.13. The maximum absolute atomic E-state index is 12.6. The number of anilines is 1. The number of carbonyl (C=O) groups is 1. The summed E-state index contributed by atoms with van der Waals surface area (Å²) in [6, 6.07) is 17.8. The van der Waals surface area contributed by atoms with E-state index in [0.29, 0.717) is 10.7 Å². The molecule has 0 saturated heterocycles. The van der Waals surface area contributed by atoms with Gasteiger partial charge in [0.1, 0.15) is 0 Å². The smallest absolute Gasteiger partial charge is 0.266 e. The molecule has 6 nitrogen and oxygen atoms in total. The number of benzene rings is 1. The van der Waals surface area contributed by atoms with E-state index in [9.17, 15) is 4.79 Å². The third-order valence-electron chi connectivity index (χ3n) is 4.84. The van der Waals surface area contributed by atoms with Gasteiger partial charge in [0.05, 0.1) is 10.6 Å². The molecule has 0 spiro atoms. The highest BCUT2D eigenvalue weighted by atomic mass is 32.1. The van der Waals surface area contributed by atoms with E-state index in [1.165, 1.54) is 16.9 Å². The van der Waals surface area contributed by atoms with Crippen molar-refractivity contribution in [2.24, 2.45) is 0 Å². The van der Waals surface area contributed by atoms with Crippen LogP contribution in [0.1, 0.15) is 33.8 Å². The molecule has 0 aliphatic carbocycles. The molecule has 4 aromatic rings. The van der Waals surface area contributed by atoms with Gasteiger partial charge in [-0.25, -0.2) is 4.68 Å². The lowest BCUT2D eigenvalue weighted by Crippen LogP contribution is -2.21. The molecule has 0 saturated carbocycles. The Morgan fingerprint density at radius 2 is 1.90 bits per heavy atom. The van der Waals surface area contributed by atoms with Crippen LogP contribution < -0.4 is 10.6 Å². The van der Waals surface area contributed by atoms with Crippen molar-refractivity contribution in [3.63, 3.8) is 0 Å². The Balaban J connectivity index is 1.49. The van der Waals surface area contributed by atoms with E-state index in [4.69, 9.17) is 0 Å². The molecule has 0 bridgehead atoms. The minimum Gasteiger partial charge on any atom is -0.310 e. The Bertz CT molecular complexity index is 1080. The first-order valence-electron chi connectivity index (χ1n) is 9.83. The average molecular weight is 418 g/mol. The quantitative estimate of drug-likeness (QED) is 0.444. The molecule has 2 N–H and O–H groups in total. The third kappa shape index (κ3) is 4.82. The summed E-state index contributed by atoms with van der Waals surface area (Å²) in [5, 5.41) is 13.0. The second-order valence-corrected chi connectivity index (χ2v) is 7.87. The van der Waals surface area contributed by atoms with Gasteiger partial charge >= 0.3 is 0 Å². The summed E-state index contributed by atoms with van der Waals surface area (Å²) in [7, 11) is 0. The lowest BCUT2D eigenvalue weighted by molar-refractivity contribution is 0.103. The molecule has 1 amide bonds. The monoisotopic (exact) mass is 417 g/mol. The Labute approximate surface area is 179 Å². The van der Waals surface area contributed by atoms with E-state index in [2.05, 4.69) is 27.6 Å². The summed E-state index contributed by atoms with van der Waals surface area (Å²) in [6.45, 7) is 2.88. The minimum atomic E-state index is -0.136. The number of aromatic nitrogens is 3. The summed E-state index contributed by atoms with van der Waals surface area (Å²) < 4.78 is 1.81. The number of nitrogens with one attached hydrogen (secondary N) is 2. The molecule has 7 heteroatoms. The predicted octanol–water partition coefficient (Wildman–Crippen LogP) is 4.47. The molecular weight excluding hydrogens is 394 g/mol. The van der Waals surface area contributed by atoms with Crippen molar-refractivity contribution >= 4 is 23.1 Å². The van der Waals surface area contributed by atoms with Gasteiger partial charge in [0.2, 0.25) is 0 Å².